The van der Waals surface area contributed by atoms with Crippen molar-refractivity contribution < 1.29 is 14.4 Å². The zero-order valence-corrected chi connectivity index (χ0v) is 17.5. The molecule has 0 spiro atoms. The Labute approximate surface area is 184 Å². The summed E-state index contributed by atoms with van der Waals surface area (Å²) in [4.78, 5) is 28.2. The van der Waals surface area contributed by atoms with Crippen LogP contribution in [0.4, 0.5) is 23.5 Å². The van der Waals surface area contributed by atoms with Gasteiger partial charge in [-0.2, -0.15) is 20.1 Å². The Bertz CT molecular complexity index is 951. The maximum absolute atomic E-state index is 10.9. The van der Waals surface area contributed by atoms with Gasteiger partial charge in [0.25, 0.3) is 5.69 Å². The summed E-state index contributed by atoms with van der Waals surface area (Å²) in [6.45, 7) is 5.35. The van der Waals surface area contributed by atoms with E-state index in [0.717, 1.165) is 0 Å². The van der Waals surface area contributed by atoms with E-state index in [1.165, 1.54) is 18.3 Å². The van der Waals surface area contributed by atoms with E-state index in [9.17, 15) is 10.1 Å². The molecule has 0 aliphatic carbocycles. The van der Waals surface area contributed by atoms with Crippen molar-refractivity contribution in [2.45, 2.75) is 0 Å². The number of hydrazone groups is 1. The number of nitrogens with one attached hydrogen (secondary N) is 1. The lowest BCUT2D eigenvalue weighted by atomic mass is 10.2. The highest BCUT2D eigenvalue weighted by atomic mass is 16.6. The molecule has 1 aromatic carbocycles. The number of hydrogen-bond acceptors (Lipinski definition) is 11. The van der Waals surface area contributed by atoms with Crippen LogP contribution in [0.1, 0.15) is 5.56 Å². The summed E-state index contributed by atoms with van der Waals surface area (Å²) in [6.07, 6.45) is 4.94. The number of morpholine rings is 2. The molecule has 32 heavy (non-hydrogen) atoms. The first kappa shape index (κ1) is 21.6. The van der Waals surface area contributed by atoms with E-state index >= 15 is 0 Å². The Balaban J connectivity index is 1.46. The minimum absolute atomic E-state index is 0.0404. The number of aromatic nitrogens is 3. The van der Waals surface area contributed by atoms with Crippen molar-refractivity contribution in [2.24, 2.45) is 5.10 Å². The number of benzene rings is 1. The predicted molar refractivity (Wildman–Crippen MR) is 120 cm³/mol. The second kappa shape index (κ2) is 10.6. The molecule has 0 radical (unpaired) electrons. The summed E-state index contributed by atoms with van der Waals surface area (Å²) in [6, 6.07) is 6.36. The first-order valence-corrected chi connectivity index (χ1v) is 10.3. The highest BCUT2D eigenvalue weighted by Crippen LogP contribution is 2.19. The van der Waals surface area contributed by atoms with Crippen LogP contribution in [0.3, 0.4) is 0 Å². The zero-order chi connectivity index (χ0) is 22.2. The molecule has 0 amide bonds. The van der Waals surface area contributed by atoms with E-state index < -0.39 is 4.92 Å². The van der Waals surface area contributed by atoms with Gasteiger partial charge in [-0.3, -0.25) is 10.1 Å². The van der Waals surface area contributed by atoms with Crippen LogP contribution in [0.25, 0.3) is 6.08 Å². The van der Waals surface area contributed by atoms with E-state index in [0.29, 0.717) is 76.0 Å². The summed E-state index contributed by atoms with van der Waals surface area (Å²) in [5.74, 6) is 1.49. The van der Waals surface area contributed by atoms with E-state index in [2.05, 4.69) is 35.3 Å². The fraction of sp³-hybridized carbons (Fsp3) is 0.400. The van der Waals surface area contributed by atoms with Crippen molar-refractivity contribution >= 4 is 35.8 Å². The molecule has 12 nitrogen and oxygen atoms in total. The molecule has 1 N–H and O–H groups in total. The molecule has 12 heteroatoms. The number of nitrogens with zero attached hydrogens (tertiary/aromatic N) is 7. The van der Waals surface area contributed by atoms with E-state index in [1.807, 2.05) is 0 Å². The first-order valence-electron chi connectivity index (χ1n) is 10.3. The molecular weight excluding hydrogens is 416 g/mol. The van der Waals surface area contributed by atoms with Gasteiger partial charge in [0.1, 0.15) is 0 Å². The van der Waals surface area contributed by atoms with Crippen molar-refractivity contribution in [2.75, 3.05) is 67.8 Å². The van der Waals surface area contributed by atoms with Crippen LogP contribution in [0, 0.1) is 10.1 Å². The van der Waals surface area contributed by atoms with Crippen molar-refractivity contribution in [3.63, 3.8) is 0 Å². The van der Waals surface area contributed by atoms with E-state index in [4.69, 9.17) is 9.47 Å². The lowest BCUT2D eigenvalue weighted by Gasteiger charge is -2.30. The summed E-state index contributed by atoms with van der Waals surface area (Å²) >= 11 is 0. The number of rotatable bonds is 7. The van der Waals surface area contributed by atoms with Crippen molar-refractivity contribution in [3.8, 4) is 0 Å². The topological polar surface area (TPSA) is 131 Å². The van der Waals surface area contributed by atoms with Crippen LogP contribution in [-0.2, 0) is 9.47 Å². The molecule has 2 saturated heterocycles. The molecule has 0 bridgehead atoms. The van der Waals surface area contributed by atoms with Gasteiger partial charge in [-0.15, -0.1) is 0 Å². The minimum atomic E-state index is -0.425. The number of hydrogen-bond donors (Lipinski definition) is 1. The third-order valence-corrected chi connectivity index (χ3v) is 4.89. The lowest BCUT2D eigenvalue weighted by molar-refractivity contribution is -0.384. The van der Waals surface area contributed by atoms with Crippen LogP contribution in [-0.4, -0.2) is 78.7 Å². The highest BCUT2D eigenvalue weighted by molar-refractivity contribution is 5.79. The van der Waals surface area contributed by atoms with Crippen molar-refractivity contribution in [3.05, 3.63) is 46.0 Å². The summed E-state index contributed by atoms with van der Waals surface area (Å²) in [7, 11) is 0. The highest BCUT2D eigenvalue weighted by Gasteiger charge is 2.20. The molecule has 2 aliphatic rings. The van der Waals surface area contributed by atoms with Gasteiger partial charge in [0.2, 0.25) is 17.8 Å². The largest absolute Gasteiger partial charge is 0.378 e. The molecule has 0 saturated carbocycles. The van der Waals surface area contributed by atoms with Crippen LogP contribution in [0.15, 0.2) is 35.4 Å². The Morgan fingerprint density at radius 2 is 1.62 bits per heavy atom. The van der Waals surface area contributed by atoms with Crippen molar-refractivity contribution in [1.29, 1.82) is 0 Å². The monoisotopic (exact) mass is 440 g/mol. The lowest BCUT2D eigenvalue weighted by Crippen LogP contribution is -2.40. The third-order valence-electron chi connectivity index (χ3n) is 4.89. The van der Waals surface area contributed by atoms with E-state index in [1.54, 1.807) is 24.3 Å². The Morgan fingerprint density at radius 1 is 1.00 bits per heavy atom. The molecule has 0 unspecified atom stereocenters. The summed E-state index contributed by atoms with van der Waals surface area (Å²) < 4.78 is 10.8. The standard InChI is InChI=1S/C20H24N8O4/c29-28(30)17-5-1-3-16(15-17)4-2-6-21-25-18-22-19(26-7-11-31-12-8-26)24-20(23-18)27-9-13-32-14-10-27/h1-6,15H,7-14H2,(H,22,23,24,25)/b4-2+,21-6-. The molecule has 2 aromatic rings. The summed E-state index contributed by atoms with van der Waals surface area (Å²) in [5, 5.41) is 15.0. The number of allylic oxidation sites excluding steroid dienone is 1. The molecule has 3 heterocycles. The first-order chi connectivity index (χ1) is 15.7. The molecular formula is C20H24N8O4. The Hall–Kier alpha value is -3.64. The minimum Gasteiger partial charge on any atom is -0.378 e. The normalized spacial score (nSPS) is 17.2. The third kappa shape index (κ3) is 5.74. The fourth-order valence-corrected chi connectivity index (χ4v) is 3.25. The maximum Gasteiger partial charge on any atom is 0.270 e. The molecule has 1 aromatic heterocycles. The number of nitro groups is 1. The van der Waals surface area contributed by atoms with Gasteiger partial charge in [0.05, 0.1) is 31.4 Å². The number of nitro benzene ring substituents is 1. The predicted octanol–water partition coefficient (Wildman–Crippen LogP) is 1.56. The number of ether oxygens (including phenoxy) is 2. The van der Waals surface area contributed by atoms with Gasteiger partial charge >= 0.3 is 0 Å². The van der Waals surface area contributed by atoms with Crippen LogP contribution >= 0.6 is 0 Å². The quantitative estimate of drug-likeness (QED) is 0.384. The van der Waals surface area contributed by atoms with Gasteiger partial charge < -0.3 is 19.3 Å². The van der Waals surface area contributed by atoms with Gasteiger partial charge in [0.15, 0.2) is 0 Å². The van der Waals surface area contributed by atoms with Gasteiger partial charge in [-0.1, -0.05) is 18.2 Å². The second-order valence-corrected chi connectivity index (χ2v) is 7.06. The molecule has 4 rings (SSSR count). The Morgan fingerprint density at radius 3 is 2.22 bits per heavy atom. The fourth-order valence-electron chi connectivity index (χ4n) is 3.25. The molecule has 2 aliphatic heterocycles. The SMILES string of the molecule is O=[N+]([O-])c1cccc(/C=C/C=N\Nc2nc(N3CCOCC3)nc(N3CCOCC3)n2)c1. The molecule has 168 valence electrons. The van der Waals surface area contributed by atoms with Crippen molar-refractivity contribution in [1.82, 2.24) is 15.0 Å². The Kier molecular flexibility index (Phi) is 7.15. The van der Waals surface area contributed by atoms with Crippen LogP contribution in [0.5, 0.6) is 0 Å². The summed E-state index contributed by atoms with van der Waals surface area (Å²) in [5.41, 5.74) is 3.60. The van der Waals surface area contributed by atoms with Crippen LogP contribution in [0.2, 0.25) is 0 Å². The molecule has 2 fully saturated rings. The molecule has 0 atom stereocenters. The average molecular weight is 440 g/mol. The number of non-ortho nitro benzene ring substituents is 1. The second-order valence-electron chi connectivity index (χ2n) is 7.06. The van der Waals surface area contributed by atoms with Crippen LogP contribution < -0.4 is 15.2 Å². The average Bonchev–Trinajstić information content (AvgIpc) is 2.85. The smallest absolute Gasteiger partial charge is 0.270 e. The maximum atomic E-state index is 10.9. The zero-order valence-electron chi connectivity index (χ0n) is 17.5. The van der Waals surface area contributed by atoms with Gasteiger partial charge in [-0.05, 0) is 11.6 Å². The van der Waals surface area contributed by atoms with Gasteiger partial charge in [-0.25, -0.2) is 5.43 Å². The number of anilines is 3. The van der Waals surface area contributed by atoms with E-state index in [-0.39, 0.29) is 5.69 Å². The van der Waals surface area contributed by atoms with Gasteiger partial charge in [0, 0.05) is 44.5 Å².